The summed E-state index contributed by atoms with van der Waals surface area (Å²) < 4.78 is 26.3. The number of nitrogens with one attached hydrogen (secondary N) is 2. The van der Waals surface area contributed by atoms with Gasteiger partial charge in [0.15, 0.2) is 0 Å². The zero-order valence-corrected chi connectivity index (χ0v) is 11.3. The summed E-state index contributed by atoms with van der Waals surface area (Å²) in [4.78, 5) is 0. The summed E-state index contributed by atoms with van der Waals surface area (Å²) in [6.45, 7) is 1.70. The van der Waals surface area contributed by atoms with Crippen LogP contribution in [-0.2, 0) is 10.0 Å². The molecule has 2 N–H and O–H groups in total. The van der Waals surface area contributed by atoms with Gasteiger partial charge < -0.3 is 5.32 Å². The van der Waals surface area contributed by atoms with Crippen LogP contribution in [0.2, 0.25) is 0 Å². The molecule has 5 heteroatoms. The van der Waals surface area contributed by atoms with E-state index in [0.717, 1.165) is 19.4 Å². The van der Waals surface area contributed by atoms with Crippen molar-refractivity contribution in [3.8, 4) is 0 Å². The molecule has 0 spiro atoms. The fourth-order valence-electron chi connectivity index (χ4n) is 2.48. The quantitative estimate of drug-likeness (QED) is 0.755. The topological polar surface area (TPSA) is 58.2 Å². The fraction of sp³-hybridized carbons (Fsp3) is 1.00. The van der Waals surface area contributed by atoms with E-state index in [2.05, 4.69) is 10.0 Å². The monoisotopic (exact) mass is 260 g/mol. The molecule has 1 atom stereocenters. The van der Waals surface area contributed by atoms with Gasteiger partial charge in [0, 0.05) is 12.6 Å². The summed E-state index contributed by atoms with van der Waals surface area (Å²) >= 11 is 0. The van der Waals surface area contributed by atoms with E-state index in [0.29, 0.717) is 18.5 Å². The van der Waals surface area contributed by atoms with Gasteiger partial charge in [-0.1, -0.05) is 12.8 Å². The summed E-state index contributed by atoms with van der Waals surface area (Å²) in [5, 5.41) is 3.39. The lowest BCUT2D eigenvalue weighted by Crippen LogP contribution is -2.38. The number of piperidine rings is 1. The second-order valence-electron chi connectivity index (χ2n) is 5.40. The van der Waals surface area contributed by atoms with Gasteiger partial charge >= 0.3 is 0 Å². The normalized spacial score (nSPS) is 26.7. The lowest BCUT2D eigenvalue weighted by molar-refractivity contribution is 0.316. The van der Waals surface area contributed by atoms with Crippen molar-refractivity contribution in [1.29, 1.82) is 0 Å². The van der Waals surface area contributed by atoms with Crippen LogP contribution in [0.1, 0.15) is 44.9 Å². The Labute approximate surface area is 105 Å². The van der Waals surface area contributed by atoms with Crippen molar-refractivity contribution >= 4 is 10.0 Å². The molecule has 4 nitrogen and oxygen atoms in total. The third-order valence-corrected chi connectivity index (χ3v) is 5.34. The molecule has 1 saturated carbocycles. The summed E-state index contributed by atoms with van der Waals surface area (Å²) in [5.41, 5.74) is 0. The largest absolute Gasteiger partial charge is 0.314 e. The molecule has 0 radical (unpaired) electrons. The van der Waals surface area contributed by atoms with Crippen molar-refractivity contribution in [2.45, 2.75) is 51.0 Å². The summed E-state index contributed by atoms with van der Waals surface area (Å²) in [5.74, 6) is 0.870. The molecular weight excluding hydrogens is 236 g/mol. The first-order valence-corrected chi connectivity index (χ1v) is 8.52. The predicted octanol–water partition coefficient (Wildman–Crippen LogP) is 1.24. The van der Waals surface area contributed by atoms with Crippen molar-refractivity contribution in [3.05, 3.63) is 0 Å². The summed E-state index contributed by atoms with van der Waals surface area (Å²) in [6.07, 6.45) is 7.96. The average Bonchev–Trinajstić information content (AvgIpc) is 2.26. The van der Waals surface area contributed by atoms with Gasteiger partial charge in [-0.15, -0.1) is 0 Å². The molecule has 1 saturated heterocycles. The first-order valence-electron chi connectivity index (χ1n) is 6.86. The minimum absolute atomic E-state index is 0.275. The zero-order valence-electron chi connectivity index (χ0n) is 10.5. The lowest BCUT2D eigenvalue weighted by Gasteiger charge is -2.26. The highest BCUT2D eigenvalue weighted by molar-refractivity contribution is 7.89. The maximum atomic E-state index is 11.8. The number of hydrogen-bond acceptors (Lipinski definition) is 3. The van der Waals surface area contributed by atoms with E-state index in [1.807, 2.05) is 0 Å². The van der Waals surface area contributed by atoms with Gasteiger partial charge in [0.2, 0.25) is 10.0 Å². The van der Waals surface area contributed by atoms with Gasteiger partial charge in [0.25, 0.3) is 0 Å². The third-order valence-electron chi connectivity index (χ3n) is 3.96. The molecule has 1 aliphatic heterocycles. The van der Waals surface area contributed by atoms with E-state index >= 15 is 0 Å². The highest BCUT2D eigenvalue weighted by Gasteiger charge is 2.21. The van der Waals surface area contributed by atoms with Crippen molar-refractivity contribution in [1.82, 2.24) is 10.0 Å². The predicted molar refractivity (Wildman–Crippen MR) is 69.4 cm³/mol. The first-order chi connectivity index (χ1) is 8.16. The highest BCUT2D eigenvalue weighted by atomic mass is 32.2. The maximum absolute atomic E-state index is 11.8. The van der Waals surface area contributed by atoms with Crippen LogP contribution in [0.25, 0.3) is 0 Å². The summed E-state index contributed by atoms with van der Waals surface area (Å²) in [6, 6.07) is 0.407. The van der Waals surface area contributed by atoms with Crippen molar-refractivity contribution in [2.24, 2.45) is 5.92 Å². The van der Waals surface area contributed by atoms with Crippen LogP contribution in [0.15, 0.2) is 0 Å². The zero-order chi connectivity index (χ0) is 12.1. The Morgan fingerprint density at radius 3 is 2.53 bits per heavy atom. The van der Waals surface area contributed by atoms with Crippen LogP contribution in [-0.4, -0.2) is 33.3 Å². The van der Waals surface area contributed by atoms with Crippen molar-refractivity contribution in [2.75, 3.05) is 18.8 Å². The standard InChI is InChI=1S/C12H24N2O2S/c15-17(16,14-10-11-4-3-5-11)9-7-12-6-1-2-8-13-12/h11-14H,1-10H2. The van der Waals surface area contributed by atoms with Crippen LogP contribution in [0.3, 0.4) is 0 Å². The molecule has 0 amide bonds. The first kappa shape index (κ1) is 13.3. The van der Waals surface area contributed by atoms with Gasteiger partial charge in [-0.05, 0) is 44.6 Å². The molecule has 2 aliphatic rings. The molecule has 0 aromatic carbocycles. The maximum Gasteiger partial charge on any atom is 0.211 e. The van der Waals surface area contributed by atoms with Gasteiger partial charge in [-0.3, -0.25) is 0 Å². The van der Waals surface area contributed by atoms with E-state index in [-0.39, 0.29) is 5.75 Å². The Morgan fingerprint density at radius 2 is 1.94 bits per heavy atom. The molecular formula is C12H24N2O2S. The lowest BCUT2D eigenvalue weighted by atomic mass is 9.86. The second kappa shape index (κ2) is 6.16. The van der Waals surface area contributed by atoms with E-state index in [4.69, 9.17) is 0 Å². The molecule has 17 heavy (non-hydrogen) atoms. The Bertz CT molecular complexity index is 319. The van der Waals surface area contributed by atoms with Gasteiger partial charge in [0.05, 0.1) is 5.75 Å². The Morgan fingerprint density at radius 1 is 1.12 bits per heavy atom. The van der Waals surface area contributed by atoms with Crippen molar-refractivity contribution < 1.29 is 8.42 Å². The smallest absolute Gasteiger partial charge is 0.211 e. The van der Waals surface area contributed by atoms with Gasteiger partial charge in [0.1, 0.15) is 0 Å². The fourth-order valence-corrected chi connectivity index (χ4v) is 3.71. The average molecular weight is 260 g/mol. The molecule has 2 rings (SSSR count). The van der Waals surface area contributed by atoms with E-state index in [1.165, 1.54) is 32.1 Å². The number of hydrogen-bond donors (Lipinski definition) is 2. The van der Waals surface area contributed by atoms with Gasteiger partial charge in [-0.2, -0.15) is 0 Å². The molecule has 100 valence electrons. The molecule has 2 fully saturated rings. The van der Waals surface area contributed by atoms with E-state index in [9.17, 15) is 8.42 Å². The van der Waals surface area contributed by atoms with Crippen LogP contribution >= 0.6 is 0 Å². The SMILES string of the molecule is O=S(=O)(CCC1CCCCN1)NCC1CCC1. The summed E-state index contributed by atoms with van der Waals surface area (Å²) in [7, 11) is -3.04. The highest BCUT2D eigenvalue weighted by Crippen LogP contribution is 2.25. The van der Waals surface area contributed by atoms with Crippen molar-refractivity contribution in [3.63, 3.8) is 0 Å². The van der Waals surface area contributed by atoms with Crippen LogP contribution in [0.5, 0.6) is 0 Å². The Hall–Kier alpha value is -0.130. The van der Waals surface area contributed by atoms with E-state index < -0.39 is 10.0 Å². The Balaban J connectivity index is 1.64. The second-order valence-corrected chi connectivity index (χ2v) is 7.33. The minimum atomic E-state index is -3.04. The van der Waals surface area contributed by atoms with E-state index in [1.54, 1.807) is 0 Å². The van der Waals surface area contributed by atoms with Crippen LogP contribution < -0.4 is 10.0 Å². The van der Waals surface area contributed by atoms with Crippen LogP contribution in [0, 0.1) is 5.92 Å². The molecule has 1 heterocycles. The third kappa shape index (κ3) is 4.56. The Kier molecular flexibility index (Phi) is 4.82. The van der Waals surface area contributed by atoms with Crippen LogP contribution in [0.4, 0.5) is 0 Å². The number of sulfonamides is 1. The number of rotatable bonds is 6. The molecule has 1 aliphatic carbocycles. The molecule has 0 bridgehead atoms. The molecule has 0 aromatic heterocycles. The van der Waals surface area contributed by atoms with Gasteiger partial charge in [-0.25, -0.2) is 13.1 Å². The minimum Gasteiger partial charge on any atom is -0.314 e. The molecule has 1 unspecified atom stereocenters. The molecule has 0 aromatic rings.